The quantitative estimate of drug-likeness (QED) is 0.285. The molecular formula is C15H15Br2ClN2O2S. The summed E-state index contributed by atoms with van der Waals surface area (Å²) in [5.41, 5.74) is 0.443. The number of hydrogen-bond donors (Lipinski definition) is 0. The van der Waals surface area contributed by atoms with Gasteiger partial charge in [0.25, 0.3) is 11.8 Å². The molecular weight excluding hydrogens is 468 g/mol. The van der Waals surface area contributed by atoms with E-state index in [-0.39, 0.29) is 11.8 Å². The third-order valence-corrected chi connectivity index (χ3v) is 7.83. The minimum absolute atomic E-state index is 0.0849. The molecule has 8 heteroatoms. The molecule has 2 amide bonds. The molecule has 1 unspecified atom stereocenters. The number of benzene rings is 1. The number of alkyl halides is 3. The minimum Gasteiger partial charge on any atom is -0.308 e. The highest BCUT2D eigenvalue weighted by Gasteiger charge is 2.65. The standard InChI is InChI=1S/C15H15Br2ClN2O2S/c1-14(2)10(20-12(18)15(16,17)13(20)22)11(21)19(23-14)8-9-6-4-3-5-7-9/h3-7,10,12H,8H2,1-2H3/t10?,12-/m1/s1. The molecule has 23 heavy (non-hydrogen) atoms. The van der Waals surface area contributed by atoms with Crippen LogP contribution in [0.1, 0.15) is 19.4 Å². The van der Waals surface area contributed by atoms with Crippen molar-refractivity contribution in [2.45, 2.75) is 39.9 Å². The number of hydrogen-bond acceptors (Lipinski definition) is 3. The van der Waals surface area contributed by atoms with Crippen molar-refractivity contribution in [3.05, 3.63) is 35.9 Å². The molecule has 2 aliphatic heterocycles. The third kappa shape index (κ3) is 2.83. The maximum Gasteiger partial charge on any atom is 0.257 e. The van der Waals surface area contributed by atoms with Crippen molar-refractivity contribution in [2.75, 3.05) is 0 Å². The molecule has 0 aromatic heterocycles. The summed E-state index contributed by atoms with van der Waals surface area (Å²) in [6.07, 6.45) is 0. The van der Waals surface area contributed by atoms with Crippen LogP contribution in [0.3, 0.4) is 0 Å². The predicted octanol–water partition coefficient (Wildman–Crippen LogP) is 3.72. The molecule has 0 N–H and O–H groups in total. The van der Waals surface area contributed by atoms with Crippen LogP contribution < -0.4 is 0 Å². The van der Waals surface area contributed by atoms with E-state index in [0.29, 0.717) is 6.54 Å². The summed E-state index contributed by atoms with van der Waals surface area (Å²) in [5, 5.41) is 0. The minimum atomic E-state index is -0.977. The summed E-state index contributed by atoms with van der Waals surface area (Å²) in [5.74, 6) is -0.301. The fourth-order valence-electron chi connectivity index (χ4n) is 2.86. The molecule has 0 spiro atoms. The third-order valence-electron chi connectivity index (χ3n) is 3.99. The second-order valence-electron chi connectivity index (χ2n) is 6.13. The van der Waals surface area contributed by atoms with Gasteiger partial charge in [0, 0.05) is 0 Å². The summed E-state index contributed by atoms with van der Waals surface area (Å²) in [4.78, 5) is 26.7. The van der Waals surface area contributed by atoms with Gasteiger partial charge in [-0.2, -0.15) is 0 Å². The highest BCUT2D eigenvalue weighted by Crippen LogP contribution is 2.53. The Morgan fingerprint density at radius 2 is 1.83 bits per heavy atom. The summed E-state index contributed by atoms with van der Waals surface area (Å²) in [6, 6.07) is 9.22. The maximum absolute atomic E-state index is 12.9. The predicted molar refractivity (Wildman–Crippen MR) is 99.5 cm³/mol. The number of rotatable bonds is 3. The van der Waals surface area contributed by atoms with E-state index in [1.54, 1.807) is 4.31 Å². The second-order valence-corrected chi connectivity index (χ2v) is 11.8. The Balaban J connectivity index is 1.82. The lowest BCUT2D eigenvalue weighted by Crippen LogP contribution is -2.72. The molecule has 1 aromatic carbocycles. The molecule has 124 valence electrons. The van der Waals surface area contributed by atoms with Crippen molar-refractivity contribution < 1.29 is 9.59 Å². The largest absolute Gasteiger partial charge is 0.308 e. The summed E-state index contributed by atoms with van der Waals surface area (Å²) < 4.78 is 0.306. The van der Waals surface area contributed by atoms with Crippen molar-refractivity contribution >= 4 is 67.2 Å². The van der Waals surface area contributed by atoms with Crippen LogP contribution in [-0.4, -0.2) is 40.5 Å². The number of halogens is 3. The molecule has 4 nitrogen and oxygen atoms in total. The van der Waals surface area contributed by atoms with Gasteiger partial charge in [-0.1, -0.05) is 73.8 Å². The second kappa shape index (κ2) is 5.93. The van der Waals surface area contributed by atoms with Gasteiger partial charge in [-0.25, -0.2) is 0 Å². The molecule has 2 saturated heterocycles. The van der Waals surface area contributed by atoms with Crippen LogP contribution >= 0.6 is 55.4 Å². The van der Waals surface area contributed by atoms with Crippen LogP contribution in [0.5, 0.6) is 0 Å². The van der Waals surface area contributed by atoms with Crippen molar-refractivity contribution in [3.8, 4) is 0 Å². The monoisotopic (exact) mass is 480 g/mol. The highest BCUT2D eigenvalue weighted by atomic mass is 79.9. The Kier molecular flexibility index (Phi) is 4.53. The Bertz CT molecular complexity index is 656. The van der Waals surface area contributed by atoms with Gasteiger partial charge in [0.2, 0.25) is 0 Å². The lowest BCUT2D eigenvalue weighted by Gasteiger charge is -2.50. The van der Waals surface area contributed by atoms with Gasteiger partial charge in [-0.3, -0.25) is 13.9 Å². The lowest BCUT2D eigenvalue weighted by atomic mass is 9.96. The van der Waals surface area contributed by atoms with Gasteiger partial charge in [-0.05, 0) is 31.4 Å². The smallest absolute Gasteiger partial charge is 0.257 e. The molecule has 0 bridgehead atoms. The normalized spacial score (nSPS) is 28.9. The van der Waals surface area contributed by atoms with E-state index in [0.717, 1.165) is 5.56 Å². The molecule has 1 aromatic rings. The number of β-lactam (4-membered cyclic amide) rings is 1. The molecule has 0 radical (unpaired) electrons. The first-order chi connectivity index (χ1) is 10.7. The molecule has 3 rings (SSSR count). The van der Waals surface area contributed by atoms with E-state index in [9.17, 15) is 9.59 Å². The molecule has 2 heterocycles. The fraction of sp³-hybridized carbons (Fsp3) is 0.467. The number of carbonyl (C=O) groups is 2. The van der Waals surface area contributed by atoms with Gasteiger partial charge in [-0.15, -0.1) is 0 Å². The van der Waals surface area contributed by atoms with E-state index in [2.05, 4.69) is 31.9 Å². The van der Waals surface area contributed by atoms with Gasteiger partial charge in [0.05, 0.1) is 11.3 Å². The van der Waals surface area contributed by atoms with Crippen molar-refractivity contribution in [1.82, 2.24) is 9.21 Å². The average Bonchev–Trinajstić information content (AvgIpc) is 2.71. The molecule has 2 aliphatic rings. The molecule has 0 aliphatic carbocycles. The van der Waals surface area contributed by atoms with Crippen molar-refractivity contribution in [3.63, 3.8) is 0 Å². The van der Waals surface area contributed by atoms with E-state index in [4.69, 9.17) is 11.6 Å². The van der Waals surface area contributed by atoms with Gasteiger partial charge < -0.3 is 4.90 Å². The highest BCUT2D eigenvalue weighted by molar-refractivity contribution is 9.26. The van der Waals surface area contributed by atoms with Crippen LogP contribution in [0, 0.1) is 0 Å². The van der Waals surface area contributed by atoms with Crippen molar-refractivity contribution in [1.29, 1.82) is 0 Å². The number of nitrogens with zero attached hydrogens (tertiary/aromatic N) is 2. The Morgan fingerprint density at radius 1 is 1.22 bits per heavy atom. The van der Waals surface area contributed by atoms with E-state index >= 15 is 0 Å². The molecule has 2 atom stereocenters. The zero-order chi connectivity index (χ0) is 17.0. The summed E-state index contributed by atoms with van der Waals surface area (Å²) in [6.45, 7) is 4.43. The number of likely N-dealkylation sites (tertiary alicyclic amines) is 1. The zero-order valence-electron chi connectivity index (χ0n) is 12.5. The SMILES string of the molecule is CC1(C)SN(Cc2ccccc2)C(=O)C1N1C(=O)C(Br)(Br)[C@@H]1Cl. The number of amides is 2. The molecule has 0 saturated carbocycles. The van der Waals surface area contributed by atoms with Crippen LogP contribution in [0.2, 0.25) is 0 Å². The van der Waals surface area contributed by atoms with Crippen molar-refractivity contribution in [2.24, 2.45) is 0 Å². The molecule has 2 fully saturated rings. The first-order valence-corrected chi connectivity index (χ1v) is 9.85. The van der Waals surface area contributed by atoms with Crippen LogP contribution in [0.4, 0.5) is 0 Å². The topological polar surface area (TPSA) is 40.6 Å². The number of carbonyl (C=O) groups excluding carboxylic acids is 2. The van der Waals surface area contributed by atoms with Gasteiger partial charge in [0.1, 0.15) is 11.5 Å². The first-order valence-electron chi connectivity index (χ1n) is 7.05. The fourth-order valence-corrected chi connectivity index (χ4v) is 5.29. The van der Waals surface area contributed by atoms with E-state index in [1.165, 1.54) is 16.8 Å². The van der Waals surface area contributed by atoms with E-state index < -0.39 is 19.5 Å². The van der Waals surface area contributed by atoms with Crippen LogP contribution in [0.15, 0.2) is 30.3 Å². The first kappa shape index (κ1) is 17.6. The van der Waals surface area contributed by atoms with Gasteiger partial charge in [0.15, 0.2) is 3.23 Å². The van der Waals surface area contributed by atoms with Crippen LogP contribution in [-0.2, 0) is 16.1 Å². The Labute approximate surface area is 161 Å². The lowest BCUT2D eigenvalue weighted by molar-refractivity contribution is -0.152. The Hall–Kier alpha value is -0.240. The average molecular weight is 483 g/mol. The Morgan fingerprint density at radius 3 is 2.39 bits per heavy atom. The zero-order valence-corrected chi connectivity index (χ0v) is 17.2. The summed E-state index contributed by atoms with van der Waals surface area (Å²) in [7, 11) is 0. The summed E-state index contributed by atoms with van der Waals surface area (Å²) >= 11 is 14.3. The maximum atomic E-state index is 12.9. The van der Waals surface area contributed by atoms with Crippen LogP contribution in [0.25, 0.3) is 0 Å². The van der Waals surface area contributed by atoms with Gasteiger partial charge >= 0.3 is 0 Å². The van der Waals surface area contributed by atoms with E-state index in [1.807, 2.05) is 44.2 Å².